The number of nitrogens with zero attached hydrogens (tertiary/aromatic N) is 1. The van der Waals surface area contributed by atoms with E-state index in [4.69, 9.17) is 16.3 Å². The van der Waals surface area contributed by atoms with Crippen molar-refractivity contribution in [1.29, 1.82) is 0 Å². The fourth-order valence-electron chi connectivity index (χ4n) is 2.90. The summed E-state index contributed by atoms with van der Waals surface area (Å²) in [7, 11) is 1.45. The number of phenolic OH excluding ortho intramolecular Hbond substituents is 1. The van der Waals surface area contributed by atoms with Crippen LogP contribution in [0.5, 0.6) is 11.5 Å². The Morgan fingerprint density at radius 1 is 1.19 bits per heavy atom. The number of methoxy groups -OCH3 is 1. The zero-order chi connectivity index (χ0) is 19.6. The van der Waals surface area contributed by atoms with Crippen molar-refractivity contribution in [1.82, 2.24) is 0 Å². The highest BCUT2D eigenvalue weighted by Gasteiger charge is 2.18. The van der Waals surface area contributed by atoms with Gasteiger partial charge in [0.25, 0.3) is 5.69 Å². The smallest absolute Gasteiger partial charge is 0.273 e. The van der Waals surface area contributed by atoms with Crippen LogP contribution in [0.3, 0.4) is 0 Å². The number of hydrogen-bond acceptors (Lipinski definition) is 4. The summed E-state index contributed by atoms with van der Waals surface area (Å²) in [4.78, 5) is 10.4. The standard InChI is InChI=1S/C20H15ClFNO4/c1-27-18-6-5-14(7-12-8-16(23(25)26)11-17(24)9-12)20(22)19(18)13-3-2-4-15(21)10-13/h2-6,8-11,24H,7H2,1H3. The molecule has 0 saturated carbocycles. The molecule has 0 amide bonds. The number of non-ortho nitro benzene ring substituents is 1. The quantitative estimate of drug-likeness (QED) is 0.472. The van der Waals surface area contributed by atoms with Gasteiger partial charge in [-0.05, 0) is 41.0 Å². The molecule has 0 bridgehead atoms. The number of nitro benzene ring substituents is 1. The van der Waals surface area contributed by atoms with Crippen LogP contribution in [-0.2, 0) is 6.42 Å². The van der Waals surface area contributed by atoms with Crippen LogP contribution >= 0.6 is 11.6 Å². The summed E-state index contributed by atoms with van der Waals surface area (Å²) in [6.45, 7) is 0. The number of aromatic hydroxyl groups is 1. The summed E-state index contributed by atoms with van der Waals surface area (Å²) in [5.41, 5.74) is 1.29. The molecule has 0 unspecified atom stereocenters. The van der Waals surface area contributed by atoms with Gasteiger partial charge in [0, 0.05) is 17.5 Å². The fraction of sp³-hybridized carbons (Fsp3) is 0.100. The van der Waals surface area contributed by atoms with Gasteiger partial charge in [-0.2, -0.15) is 0 Å². The lowest BCUT2D eigenvalue weighted by atomic mass is 9.97. The van der Waals surface area contributed by atoms with Gasteiger partial charge in [0.05, 0.1) is 23.7 Å². The summed E-state index contributed by atoms with van der Waals surface area (Å²) >= 11 is 6.02. The zero-order valence-corrected chi connectivity index (χ0v) is 15.0. The first-order chi connectivity index (χ1) is 12.9. The summed E-state index contributed by atoms with van der Waals surface area (Å²) in [5.74, 6) is -0.411. The molecule has 7 heteroatoms. The van der Waals surface area contributed by atoms with E-state index in [0.717, 1.165) is 6.07 Å². The molecule has 0 aliphatic heterocycles. The van der Waals surface area contributed by atoms with Crippen LogP contribution in [0.1, 0.15) is 11.1 Å². The number of nitro groups is 1. The third kappa shape index (κ3) is 4.01. The minimum absolute atomic E-state index is 0.0681. The Labute approximate surface area is 159 Å². The Hall–Kier alpha value is -3.12. The minimum Gasteiger partial charge on any atom is -0.508 e. The maximum atomic E-state index is 15.3. The van der Waals surface area contributed by atoms with Crippen molar-refractivity contribution >= 4 is 17.3 Å². The molecule has 3 aromatic carbocycles. The first-order valence-corrected chi connectivity index (χ1v) is 8.35. The highest BCUT2D eigenvalue weighted by molar-refractivity contribution is 6.30. The number of halogens is 2. The first kappa shape index (κ1) is 18.7. The molecule has 138 valence electrons. The predicted molar refractivity (Wildman–Crippen MR) is 101 cm³/mol. The summed E-state index contributed by atoms with van der Waals surface area (Å²) in [5, 5.41) is 21.1. The summed E-state index contributed by atoms with van der Waals surface area (Å²) in [6.07, 6.45) is 0.0681. The van der Waals surface area contributed by atoms with E-state index < -0.39 is 10.7 Å². The van der Waals surface area contributed by atoms with Gasteiger partial charge in [-0.25, -0.2) is 4.39 Å². The second kappa shape index (κ2) is 7.63. The molecular formula is C20H15ClFNO4. The molecule has 3 aromatic rings. The summed E-state index contributed by atoms with van der Waals surface area (Å²) in [6, 6.07) is 13.7. The van der Waals surface area contributed by atoms with Crippen LogP contribution in [0.25, 0.3) is 11.1 Å². The van der Waals surface area contributed by atoms with E-state index >= 15 is 4.39 Å². The Morgan fingerprint density at radius 3 is 2.63 bits per heavy atom. The van der Waals surface area contributed by atoms with E-state index in [1.807, 2.05) is 0 Å². The highest BCUT2D eigenvalue weighted by atomic mass is 35.5. The topological polar surface area (TPSA) is 72.6 Å². The Morgan fingerprint density at radius 2 is 1.96 bits per heavy atom. The largest absolute Gasteiger partial charge is 0.508 e. The van der Waals surface area contributed by atoms with Crippen LogP contribution < -0.4 is 4.74 Å². The van der Waals surface area contributed by atoms with Crippen molar-refractivity contribution in [2.24, 2.45) is 0 Å². The lowest BCUT2D eigenvalue weighted by molar-refractivity contribution is -0.385. The number of benzene rings is 3. The SMILES string of the molecule is COc1ccc(Cc2cc(O)cc([N+](=O)[O-])c2)c(F)c1-c1cccc(Cl)c1. The average molecular weight is 388 g/mol. The van der Waals surface area contributed by atoms with Crippen molar-refractivity contribution in [3.63, 3.8) is 0 Å². The maximum Gasteiger partial charge on any atom is 0.273 e. The Balaban J connectivity index is 2.08. The lowest BCUT2D eigenvalue weighted by Crippen LogP contribution is -1.99. The van der Waals surface area contributed by atoms with Gasteiger partial charge in [0.2, 0.25) is 0 Å². The van der Waals surface area contributed by atoms with E-state index in [9.17, 15) is 15.2 Å². The molecule has 0 aliphatic carbocycles. The van der Waals surface area contributed by atoms with Gasteiger partial charge in [-0.3, -0.25) is 10.1 Å². The van der Waals surface area contributed by atoms with Crippen LogP contribution in [0, 0.1) is 15.9 Å². The molecule has 0 aliphatic rings. The molecule has 3 rings (SSSR count). The minimum atomic E-state index is -0.606. The third-order valence-corrected chi connectivity index (χ3v) is 4.32. The molecule has 0 aromatic heterocycles. The van der Waals surface area contributed by atoms with E-state index in [1.54, 1.807) is 36.4 Å². The Bertz CT molecular complexity index is 1020. The van der Waals surface area contributed by atoms with Crippen molar-refractivity contribution in [3.8, 4) is 22.6 Å². The molecule has 5 nitrogen and oxygen atoms in total. The molecule has 1 N–H and O–H groups in total. The molecule has 0 fully saturated rings. The van der Waals surface area contributed by atoms with Gasteiger partial charge in [-0.1, -0.05) is 29.8 Å². The van der Waals surface area contributed by atoms with E-state index in [-0.39, 0.29) is 23.4 Å². The second-order valence-electron chi connectivity index (χ2n) is 5.92. The molecule has 0 atom stereocenters. The number of phenols is 1. The molecule has 0 saturated heterocycles. The van der Waals surface area contributed by atoms with Crippen LogP contribution in [-0.4, -0.2) is 17.1 Å². The number of ether oxygens (including phenoxy) is 1. The van der Waals surface area contributed by atoms with Crippen molar-refractivity contribution in [2.45, 2.75) is 6.42 Å². The fourth-order valence-corrected chi connectivity index (χ4v) is 3.10. The van der Waals surface area contributed by atoms with E-state index in [0.29, 0.717) is 27.5 Å². The number of hydrogen-bond donors (Lipinski definition) is 1. The van der Waals surface area contributed by atoms with E-state index in [1.165, 1.54) is 19.2 Å². The highest BCUT2D eigenvalue weighted by Crippen LogP contribution is 2.36. The zero-order valence-electron chi connectivity index (χ0n) is 14.3. The maximum absolute atomic E-state index is 15.3. The van der Waals surface area contributed by atoms with Crippen molar-refractivity contribution in [3.05, 3.63) is 86.7 Å². The van der Waals surface area contributed by atoms with Gasteiger partial charge in [0.15, 0.2) is 0 Å². The van der Waals surface area contributed by atoms with Gasteiger partial charge >= 0.3 is 0 Å². The normalized spacial score (nSPS) is 10.6. The predicted octanol–water partition coefficient (Wildman–Crippen LogP) is 5.36. The first-order valence-electron chi connectivity index (χ1n) is 7.97. The monoisotopic (exact) mass is 387 g/mol. The Kier molecular flexibility index (Phi) is 5.28. The van der Waals surface area contributed by atoms with Crippen molar-refractivity contribution in [2.75, 3.05) is 7.11 Å². The molecule has 0 spiro atoms. The summed E-state index contributed by atoms with van der Waals surface area (Å²) < 4.78 is 20.5. The lowest BCUT2D eigenvalue weighted by Gasteiger charge is -2.14. The van der Waals surface area contributed by atoms with Gasteiger partial charge in [0.1, 0.15) is 17.3 Å². The van der Waals surface area contributed by atoms with E-state index in [2.05, 4.69) is 0 Å². The van der Waals surface area contributed by atoms with Crippen LogP contribution in [0.15, 0.2) is 54.6 Å². The molecular weight excluding hydrogens is 373 g/mol. The van der Waals surface area contributed by atoms with Crippen molar-refractivity contribution < 1.29 is 19.2 Å². The molecule has 0 heterocycles. The second-order valence-corrected chi connectivity index (χ2v) is 6.35. The van der Waals surface area contributed by atoms with Crippen LogP contribution in [0.4, 0.5) is 10.1 Å². The molecule has 0 radical (unpaired) electrons. The van der Waals surface area contributed by atoms with Gasteiger partial charge < -0.3 is 9.84 Å². The molecule has 27 heavy (non-hydrogen) atoms. The third-order valence-electron chi connectivity index (χ3n) is 4.08. The number of rotatable bonds is 5. The van der Waals surface area contributed by atoms with Crippen LogP contribution in [0.2, 0.25) is 5.02 Å². The average Bonchev–Trinajstić information content (AvgIpc) is 2.62. The van der Waals surface area contributed by atoms with Gasteiger partial charge in [-0.15, -0.1) is 0 Å².